The molecule has 3 amide bonds. The standard InChI is InChI=1S/C25H22Cl2N4O5/c1-35-19-7-2-16(3-8-19)13-28-24(33)25(34)31-29-14-17-4-9-20(10-5-17)36-15-23(32)30-22-11-6-18(26)12-21(22)27/h2-12,14H,13,15H2,1H3,(H,28,33)(H,30,32)(H,31,34)/b29-14-. The fraction of sp³-hybridized carbons (Fsp3) is 0.120. The Morgan fingerprint density at radius 2 is 1.61 bits per heavy atom. The minimum absolute atomic E-state index is 0.187. The highest BCUT2D eigenvalue weighted by Gasteiger charge is 2.12. The van der Waals surface area contributed by atoms with Crippen LogP contribution in [0.5, 0.6) is 11.5 Å². The lowest BCUT2D eigenvalue weighted by atomic mass is 10.2. The van der Waals surface area contributed by atoms with E-state index in [0.29, 0.717) is 32.8 Å². The van der Waals surface area contributed by atoms with Gasteiger partial charge in [-0.2, -0.15) is 5.10 Å². The summed E-state index contributed by atoms with van der Waals surface area (Å²) >= 11 is 11.9. The van der Waals surface area contributed by atoms with Crippen LogP contribution in [0.1, 0.15) is 11.1 Å². The molecule has 3 aromatic carbocycles. The molecule has 9 nitrogen and oxygen atoms in total. The molecule has 3 N–H and O–H groups in total. The Balaban J connectivity index is 1.40. The second-order valence-corrected chi connectivity index (χ2v) is 8.10. The SMILES string of the molecule is COc1ccc(CNC(=O)C(=O)N/N=C\c2ccc(OCC(=O)Nc3ccc(Cl)cc3Cl)cc2)cc1. The molecule has 0 aliphatic rings. The van der Waals surface area contributed by atoms with Gasteiger partial charge in [-0.05, 0) is 65.7 Å². The first-order chi connectivity index (χ1) is 17.3. The van der Waals surface area contributed by atoms with Gasteiger partial charge < -0.3 is 20.1 Å². The van der Waals surface area contributed by atoms with Crippen molar-refractivity contribution >= 4 is 52.8 Å². The van der Waals surface area contributed by atoms with Crippen molar-refractivity contribution in [2.45, 2.75) is 6.54 Å². The molecule has 0 aromatic heterocycles. The maximum atomic E-state index is 12.1. The summed E-state index contributed by atoms with van der Waals surface area (Å²) in [6, 6.07) is 18.4. The third kappa shape index (κ3) is 8.30. The zero-order chi connectivity index (χ0) is 25.9. The normalized spacial score (nSPS) is 10.5. The van der Waals surface area contributed by atoms with Crippen LogP contribution in [-0.2, 0) is 20.9 Å². The second kappa shape index (κ2) is 13.1. The van der Waals surface area contributed by atoms with Crippen molar-refractivity contribution in [3.8, 4) is 11.5 Å². The molecular weight excluding hydrogens is 507 g/mol. The maximum absolute atomic E-state index is 12.1. The largest absolute Gasteiger partial charge is 0.497 e. The van der Waals surface area contributed by atoms with E-state index in [1.54, 1.807) is 67.8 Å². The summed E-state index contributed by atoms with van der Waals surface area (Å²) in [4.78, 5) is 35.9. The lowest BCUT2D eigenvalue weighted by molar-refractivity contribution is -0.139. The van der Waals surface area contributed by atoms with E-state index < -0.39 is 17.7 Å². The van der Waals surface area contributed by atoms with Crippen LogP contribution in [0.15, 0.2) is 71.8 Å². The van der Waals surface area contributed by atoms with E-state index in [1.807, 2.05) is 0 Å². The monoisotopic (exact) mass is 528 g/mol. The van der Waals surface area contributed by atoms with Crippen molar-refractivity contribution in [2.75, 3.05) is 19.0 Å². The van der Waals surface area contributed by atoms with E-state index >= 15 is 0 Å². The number of ether oxygens (including phenoxy) is 2. The van der Waals surface area contributed by atoms with Gasteiger partial charge in [-0.1, -0.05) is 35.3 Å². The quantitative estimate of drug-likeness (QED) is 0.222. The van der Waals surface area contributed by atoms with Crippen LogP contribution >= 0.6 is 23.2 Å². The molecule has 11 heteroatoms. The highest BCUT2D eigenvalue weighted by Crippen LogP contribution is 2.25. The maximum Gasteiger partial charge on any atom is 0.329 e. The Kier molecular flexibility index (Phi) is 9.67. The minimum Gasteiger partial charge on any atom is -0.497 e. The number of anilines is 1. The summed E-state index contributed by atoms with van der Waals surface area (Å²) < 4.78 is 10.5. The molecule has 0 saturated carbocycles. The molecule has 0 atom stereocenters. The van der Waals surface area contributed by atoms with Crippen LogP contribution in [0.3, 0.4) is 0 Å². The van der Waals surface area contributed by atoms with E-state index in [4.69, 9.17) is 32.7 Å². The molecular formula is C25H22Cl2N4O5. The number of hydrogen-bond donors (Lipinski definition) is 3. The van der Waals surface area contributed by atoms with Crippen molar-refractivity contribution in [3.63, 3.8) is 0 Å². The van der Waals surface area contributed by atoms with Crippen LogP contribution in [-0.4, -0.2) is 37.7 Å². The van der Waals surface area contributed by atoms with Gasteiger partial charge in [0, 0.05) is 11.6 Å². The number of carbonyl (C=O) groups excluding carboxylic acids is 3. The third-order valence-corrected chi connectivity index (χ3v) is 5.20. The van der Waals surface area contributed by atoms with Gasteiger partial charge in [0.15, 0.2) is 6.61 Å². The van der Waals surface area contributed by atoms with E-state index in [9.17, 15) is 14.4 Å². The molecule has 0 spiro atoms. The molecule has 0 bridgehead atoms. The molecule has 0 aliphatic carbocycles. The zero-order valence-corrected chi connectivity index (χ0v) is 20.6. The summed E-state index contributed by atoms with van der Waals surface area (Å²) in [5, 5.41) is 9.70. The minimum atomic E-state index is -0.897. The van der Waals surface area contributed by atoms with E-state index in [2.05, 4.69) is 21.2 Å². The molecule has 0 saturated heterocycles. The van der Waals surface area contributed by atoms with Gasteiger partial charge in [0.1, 0.15) is 11.5 Å². The smallest absolute Gasteiger partial charge is 0.329 e. The summed E-state index contributed by atoms with van der Waals surface area (Å²) in [6.45, 7) is -0.0414. The number of nitrogens with one attached hydrogen (secondary N) is 3. The predicted molar refractivity (Wildman–Crippen MR) is 138 cm³/mol. The number of nitrogens with zero attached hydrogens (tertiary/aromatic N) is 1. The average molecular weight is 529 g/mol. The predicted octanol–water partition coefficient (Wildman–Crippen LogP) is 3.79. The summed E-state index contributed by atoms with van der Waals surface area (Å²) in [5.41, 5.74) is 4.05. The molecule has 0 unspecified atom stereocenters. The molecule has 186 valence electrons. The van der Waals surface area contributed by atoms with Crippen LogP contribution in [0, 0.1) is 0 Å². The van der Waals surface area contributed by atoms with Crippen LogP contribution < -0.4 is 25.5 Å². The van der Waals surface area contributed by atoms with Gasteiger partial charge in [-0.15, -0.1) is 0 Å². The van der Waals surface area contributed by atoms with Crippen molar-refractivity contribution in [2.24, 2.45) is 5.10 Å². The van der Waals surface area contributed by atoms with Crippen molar-refractivity contribution in [3.05, 3.63) is 87.9 Å². The lowest BCUT2D eigenvalue weighted by Crippen LogP contribution is -2.37. The van der Waals surface area contributed by atoms with Crippen LogP contribution in [0.25, 0.3) is 0 Å². The Morgan fingerprint density at radius 3 is 2.28 bits per heavy atom. The summed E-state index contributed by atoms with van der Waals surface area (Å²) in [5.74, 6) is -0.956. The van der Waals surface area contributed by atoms with Gasteiger partial charge in [0.2, 0.25) is 0 Å². The Morgan fingerprint density at radius 1 is 0.917 bits per heavy atom. The highest BCUT2D eigenvalue weighted by atomic mass is 35.5. The molecule has 0 aliphatic heterocycles. The Labute approximate surface area is 217 Å². The molecule has 3 rings (SSSR count). The Hall–Kier alpha value is -4.08. The first-order valence-corrected chi connectivity index (χ1v) is 11.3. The summed E-state index contributed by atoms with van der Waals surface area (Å²) in [7, 11) is 1.56. The first kappa shape index (κ1) is 26.5. The number of methoxy groups -OCH3 is 1. The van der Waals surface area contributed by atoms with Gasteiger partial charge in [0.25, 0.3) is 5.91 Å². The third-order valence-electron chi connectivity index (χ3n) is 4.65. The molecule has 0 heterocycles. The number of carbonyl (C=O) groups is 3. The van der Waals surface area contributed by atoms with Crippen molar-refractivity contribution in [1.29, 1.82) is 0 Å². The average Bonchev–Trinajstić information content (AvgIpc) is 2.88. The first-order valence-electron chi connectivity index (χ1n) is 10.6. The molecule has 36 heavy (non-hydrogen) atoms. The molecule has 0 fully saturated rings. The number of rotatable bonds is 9. The van der Waals surface area contributed by atoms with Crippen molar-refractivity contribution in [1.82, 2.24) is 10.7 Å². The lowest BCUT2D eigenvalue weighted by Gasteiger charge is -2.09. The van der Waals surface area contributed by atoms with Gasteiger partial charge in [0.05, 0.1) is 24.0 Å². The van der Waals surface area contributed by atoms with E-state index in [0.717, 1.165) is 5.56 Å². The second-order valence-electron chi connectivity index (χ2n) is 7.26. The molecule has 0 radical (unpaired) electrons. The number of benzene rings is 3. The number of hydrazone groups is 1. The highest BCUT2D eigenvalue weighted by molar-refractivity contribution is 6.36. The Bertz CT molecular complexity index is 1250. The van der Waals surface area contributed by atoms with Gasteiger partial charge in [-0.25, -0.2) is 5.43 Å². The van der Waals surface area contributed by atoms with E-state index in [-0.39, 0.29) is 13.2 Å². The van der Waals surface area contributed by atoms with Crippen molar-refractivity contribution < 1.29 is 23.9 Å². The number of halogens is 2. The number of hydrogen-bond acceptors (Lipinski definition) is 6. The topological polar surface area (TPSA) is 118 Å². The number of amides is 3. The van der Waals surface area contributed by atoms with E-state index in [1.165, 1.54) is 12.3 Å². The summed E-state index contributed by atoms with van der Waals surface area (Å²) in [6.07, 6.45) is 1.37. The van der Waals surface area contributed by atoms with Crippen LogP contribution in [0.4, 0.5) is 5.69 Å². The van der Waals surface area contributed by atoms with Crippen LogP contribution in [0.2, 0.25) is 10.0 Å². The molecule has 3 aromatic rings. The zero-order valence-electron chi connectivity index (χ0n) is 19.1. The fourth-order valence-electron chi connectivity index (χ4n) is 2.80. The van der Waals surface area contributed by atoms with Gasteiger partial charge in [-0.3, -0.25) is 14.4 Å². The fourth-order valence-corrected chi connectivity index (χ4v) is 3.25. The van der Waals surface area contributed by atoms with Gasteiger partial charge >= 0.3 is 11.8 Å².